The first-order chi connectivity index (χ1) is 8.93. The third-order valence-corrected chi connectivity index (χ3v) is 2.85. The quantitative estimate of drug-likeness (QED) is 0.624. The molecule has 0 aliphatic carbocycles. The predicted octanol–water partition coefficient (Wildman–Crippen LogP) is 2.46. The highest BCUT2D eigenvalue weighted by Gasteiger charge is 2.18. The minimum atomic E-state index is -0.858. The number of carbonyl (C=O) groups is 1. The molecule has 0 aromatic heterocycles. The first-order valence-electron chi connectivity index (χ1n) is 5.94. The molecule has 0 saturated heterocycles. The minimum absolute atomic E-state index is 0.236. The average Bonchev–Trinajstić information content (AvgIpc) is 2.33. The van der Waals surface area contributed by atoms with E-state index in [2.05, 4.69) is 5.32 Å². The van der Waals surface area contributed by atoms with Gasteiger partial charge in [-0.2, -0.15) is 0 Å². The van der Waals surface area contributed by atoms with Crippen LogP contribution in [0.4, 0.5) is 8.78 Å². The molecular formula is C13H16F2N2OS. The third kappa shape index (κ3) is 4.55. The van der Waals surface area contributed by atoms with Crippen molar-refractivity contribution in [2.45, 2.75) is 26.2 Å². The Morgan fingerprint density at radius 1 is 1.37 bits per heavy atom. The molecule has 0 aliphatic rings. The summed E-state index contributed by atoms with van der Waals surface area (Å²) >= 11 is 4.71. The Morgan fingerprint density at radius 3 is 2.68 bits per heavy atom. The van der Waals surface area contributed by atoms with E-state index in [1.165, 1.54) is 13.0 Å². The summed E-state index contributed by atoms with van der Waals surface area (Å²) in [6.45, 7) is 1.81. The zero-order valence-electron chi connectivity index (χ0n) is 10.6. The lowest BCUT2D eigenvalue weighted by Gasteiger charge is -2.08. The first kappa shape index (κ1) is 15.5. The van der Waals surface area contributed by atoms with Gasteiger partial charge in [0.15, 0.2) is 0 Å². The topological polar surface area (TPSA) is 55.1 Å². The molecule has 1 amide bonds. The smallest absolute Gasteiger partial charge is 0.257 e. The van der Waals surface area contributed by atoms with Gasteiger partial charge in [0.1, 0.15) is 17.2 Å². The van der Waals surface area contributed by atoms with Gasteiger partial charge in [-0.05, 0) is 37.8 Å². The maximum Gasteiger partial charge on any atom is 0.257 e. The summed E-state index contributed by atoms with van der Waals surface area (Å²) in [5.41, 5.74) is 5.03. The average molecular weight is 286 g/mol. The van der Waals surface area contributed by atoms with Crippen molar-refractivity contribution in [1.29, 1.82) is 0 Å². The number of thiocarbonyl (C=S) groups is 1. The molecule has 1 aromatic rings. The Hall–Kier alpha value is -1.56. The van der Waals surface area contributed by atoms with Crippen LogP contribution in [0.1, 0.15) is 35.2 Å². The van der Waals surface area contributed by atoms with Crippen molar-refractivity contribution in [1.82, 2.24) is 5.32 Å². The second-order valence-corrected chi connectivity index (χ2v) is 4.76. The Balaban J connectivity index is 2.55. The van der Waals surface area contributed by atoms with Crippen molar-refractivity contribution in [3.63, 3.8) is 0 Å². The number of nitrogens with two attached hydrogens (primary N) is 1. The molecule has 0 unspecified atom stereocenters. The molecule has 0 fully saturated rings. The fourth-order valence-corrected chi connectivity index (χ4v) is 1.72. The van der Waals surface area contributed by atoms with E-state index in [9.17, 15) is 13.6 Å². The number of nitrogens with one attached hydrogen (secondary N) is 1. The van der Waals surface area contributed by atoms with E-state index < -0.39 is 23.1 Å². The van der Waals surface area contributed by atoms with Gasteiger partial charge in [0.25, 0.3) is 5.91 Å². The van der Waals surface area contributed by atoms with Crippen molar-refractivity contribution < 1.29 is 13.6 Å². The lowest BCUT2D eigenvalue weighted by Crippen LogP contribution is -2.27. The van der Waals surface area contributed by atoms with Gasteiger partial charge in [0.05, 0.1) is 4.99 Å². The fourth-order valence-electron chi connectivity index (χ4n) is 1.58. The van der Waals surface area contributed by atoms with Gasteiger partial charge in [-0.25, -0.2) is 8.78 Å². The van der Waals surface area contributed by atoms with Crippen LogP contribution >= 0.6 is 12.2 Å². The van der Waals surface area contributed by atoms with Crippen LogP contribution in [0.5, 0.6) is 0 Å². The van der Waals surface area contributed by atoms with Gasteiger partial charge < -0.3 is 11.1 Å². The molecule has 3 nitrogen and oxygen atoms in total. The van der Waals surface area contributed by atoms with E-state index in [1.54, 1.807) is 0 Å². The molecule has 0 spiro atoms. The molecule has 0 heterocycles. The molecule has 19 heavy (non-hydrogen) atoms. The molecule has 0 aliphatic heterocycles. The standard InChI is InChI=1S/C13H16F2N2OS/c1-8-5-6-9(14)11(12(8)15)13(18)17-7-3-2-4-10(16)19/h5-6H,2-4,7H2,1H3,(H2,16,19)(H,17,18). The summed E-state index contributed by atoms with van der Waals surface area (Å²) in [4.78, 5) is 12.1. The van der Waals surface area contributed by atoms with Gasteiger partial charge in [-0.1, -0.05) is 18.3 Å². The lowest BCUT2D eigenvalue weighted by molar-refractivity contribution is 0.0944. The summed E-state index contributed by atoms with van der Waals surface area (Å²) < 4.78 is 27.1. The second-order valence-electron chi connectivity index (χ2n) is 4.23. The summed E-state index contributed by atoms with van der Waals surface area (Å²) in [5, 5.41) is 2.48. The number of amides is 1. The predicted molar refractivity (Wildman–Crippen MR) is 74.1 cm³/mol. The molecule has 0 saturated carbocycles. The summed E-state index contributed by atoms with van der Waals surface area (Å²) in [6, 6.07) is 2.38. The van der Waals surface area contributed by atoms with Crippen molar-refractivity contribution in [2.24, 2.45) is 5.73 Å². The molecule has 0 bridgehead atoms. The summed E-state index contributed by atoms with van der Waals surface area (Å²) in [6.07, 6.45) is 1.98. The number of hydrogen-bond donors (Lipinski definition) is 2. The highest BCUT2D eigenvalue weighted by Crippen LogP contribution is 2.16. The van der Waals surface area contributed by atoms with E-state index in [4.69, 9.17) is 18.0 Å². The van der Waals surface area contributed by atoms with Crippen molar-refractivity contribution in [3.05, 3.63) is 34.9 Å². The van der Waals surface area contributed by atoms with Gasteiger partial charge in [-0.3, -0.25) is 4.79 Å². The van der Waals surface area contributed by atoms with Gasteiger partial charge in [0, 0.05) is 6.54 Å². The van der Waals surface area contributed by atoms with Crippen LogP contribution < -0.4 is 11.1 Å². The van der Waals surface area contributed by atoms with Gasteiger partial charge in [-0.15, -0.1) is 0 Å². The van der Waals surface area contributed by atoms with Crippen LogP contribution in [0, 0.1) is 18.6 Å². The highest BCUT2D eigenvalue weighted by atomic mass is 32.1. The fraction of sp³-hybridized carbons (Fsp3) is 0.385. The van der Waals surface area contributed by atoms with Gasteiger partial charge >= 0.3 is 0 Å². The summed E-state index contributed by atoms with van der Waals surface area (Å²) in [5.74, 6) is -2.42. The van der Waals surface area contributed by atoms with Crippen LogP contribution in [-0.4, -0.2) is 17.4 Å². The SMILES string of the molecule is Cc1ccc(F)c(C(=O)NCCCCC(N)=S)c1F. The number of aryl methyl sites for hydroxylation is 1. The Kier molecular flexibility index (Phi) is 5.82. The monoisotopic (exact) mass is 286 g/mol. The van der Waals surface area contributed by atoms with Gasteiger partial charge in [0.2, 0.25) is 0 Å². The molecule has 3 N–H and O–H groups in total. The van der Waals surface area contributed by atoms with E-state index >= 15 is 0 Å². The van der Waals surface area contributed by atoms with E-state index in [0.717, 1.165) is 12.5 Å². The molecular weight excluding hydrogens is 270 g/mol. The zero-order valence-corrected chi connectivity index (χ0v) is 11.4. The number of rotatable bonds is 6. The third-order valence-electron chi connectivity index (χ3n) is 2.65. The van der Waals surface area contributed by atoms with Crippen LogP contribution in [0.25, 0.3) is 0 Å². The number of benzene rings is 1. The van der Waals surface area contributed by atoms with E-state index in [-0.39, 0.29) is 5.56 Å². The zero-order chi connectivity index (χ0) is 14.4. The molecule has 0 atom stereocenters. The molecule has 1 rings (SSSR count). The number of hydrogen-bond acceptors (Lipinski definition) is 2. The number of unbranched alkanes of at least 4 members (excludes halogenated alkanes) is 1. The van der Waals surface area contributed by atoms with Crippen LogP contribution in [-0.2, 0) is 0 Å². The van der Waals surface area contributed by atoms with Crippen LogP contribution in [0.15, 0.2) is 12.1 Å². The van der Waals surface area contributed by atoms with E-state index in [1.807, 2.05) is 0 Å². The van der Waals surface area contributed by atoms with E-state index in [0.29, 0.717) is 24.4 Å². The minimum Gasteiger partial charge on any atom is -0.393 e. The van der Waals surface area contributed by atoms with Crippen molar-refractivity contribution in [2.75, 3.05) is 6.54 Å². The maximum atomic E-state index is 13.7. The second kappa shape index (κ2) is 7.13. The molecule has 104 valence electrons. The maximum absolute atomic E-state index is 13.7. The molecule has 1 aromatic carbocycles. The Labute approximate surface area is 116 Å². The number of halogens is 2. The number of carbonyl (C=O) groups excluding carboxylic acids is 1. The van der Waals surface area contributed by atoms with Crippen LogP contribution in [0.3, 0.4) is 0 Å². The lowest BCUT2D eigenvalue weighted by atomic mass is 10.1. The Bertz CT molecular complexity index is 492. The normalized spacial score (nSPS) is 10.3. The Morgan fingerprint density at radius 2 is 2.05 bits per heavy atom. The van der Waals surface area contributed by atoms with Crippen molar-refractivity contribution >= 4 is 23.1 Å². The largest absolute Gasteiger partial charge is 0.393 e. The molecule has 0 radical (unpaired) electrons. The summed E-state index contributed by atoms with van der Waals surface area (Å²) in [7, 11) is 0. The highest BCUT2D eigenvalue weighted by molar-refractivity contribution is 7.80. The van der Waals surface area contributed by atoms with Crippen LogP contribution in [0.2, 0.25) is 0 Å². The first-order valence-corrected chi connectivity index (χ1v) is 6.35. The van der Waals surface area contributed by atoms with Crippen molar-refractivity contribution in [3.8, 4) is 0 Å². The molecule has 6 heteroatoms.